The van der Waals surface area contributed by atoms with Crippen LogP contribution in [0.4, 0.5) is 0 Å². The van der Waals surface area contributed by atoms with Gasteiger partial charge in [0.15, 0.2) is 5.69 Å². The Kier molecular flexibility index (Phi) is 4.69. The molecule has 1 heterocycles. The van der Waals surface area contributed by atoms with Crippen LogP contribution in [0.3, 0.4) is 0 Å². The number of benzene rings is 1. The zero-order valence-corrected chi connectivity index (χ0v) is 13.0. The van der Waals surface area contributed by atoms with Crippen LogP contribution in [0.25, 0.3) is 0 Å². The highest BCUT2D eigenvalue weighted by molar-refractivity contribution is 9.10. The zero-order chi connectivity index (χ0) is 15.4. The number of halogens is 1. The number of aromatic nitrogens is 3. The van der Waals surface area contributed by atoms with Crippen molar-refractivity contribution in [3.05, 3.63) is 45.7 Å². The molecule has 0 aliphatic heterocycles. The molecule has 0 radical (unpaired) electrons. The number of esters is 2. The second kappa shape index (κ2) is 6.49. The Hall–Kier alpha value is -2.22. The molecule has 0 N–H and O–H groups in total. The SMILES string of the molecule is COC(=O)c1nnn(Cc2ccccc2Br)c1C(=O)OC. The number of ether oxygens (including phenoxy) is 2. The fourth-order valence-electron chi connectivity index (χ4n) is 1.74. The van der Waals surface area contributed by atoms with Crippen LogP contribution in [0.1, 0.15) is 26.5 Å². The van der Waals surface area contributed by atoms with Crippen LogP contribution in [0.2, 0.25) is 0 Å². The van der Waals surface area contributed by atoms with Crippen molar-refractivity contribution in [2.75, 3.05) is 14.2 Å². The first-order valence-electron chi connectivity index (χ1n) is 5.92. The molecule has 1 aromatic carbocycles. The second-order valence-electron chi connectivity index (χ2n) is 4.02. The van der Waals surface area contributed by atoms with E-state index in [0.717, 1.165) is 10.0 Å². The molecule has 2 rings (SSSR count). The molecule has 0 fully saturated rings. The molecule has 0 amide bonds. The van der Waals surface area contributed by atoms with Gasteiger partial charge >= 0.3 is 11.9 Å². The normalized spacial score (nSPS) is 10.2. The number of methoxy groups -OCH3 is 2. The maximum Gasteiger partial charge on any atom is 0.361 e. The largest absolute Gasteiger partial charge is 0.464 e. The summed E-state index contributed by atoms with van der Waals surface area (Å²) in [5.41, 5.74) is 0.667. The third-order valence-corrected chi connectivity index (χ3v) is 3.54. The van der Waals surface area contributed by atoms with Gasteiger partial charge in [0.1, 0.15) is 0 Å². The van der Waals surface area contributed by atoms with E-state index in [9.17, 15) is 9.59 Å². The second-order valence-corrected chi connectivity index (χ2v) is 4.87. The lowest BCUT2D eigenvalue weighted by molar-refractivity contribution is 0.0544. The smallest absolute Gasteiger partial charge is 0.361 e. The van der Waals surface area contributed by atoms with Gasteiger partial charge in [-0.1, -0.05) is 39.3 Å². The Balaban J connectivity index is 2.45. The van der Waals surface area contributed by atoms with Crippen molar-refractivity contribution in [2.24, 2.45) is 0 Å². The summed E-state index contributed by atoms with van der Waals surface area (Å²) < 4.78 is 11.4. The Bertz CT molecular complexity index is 684. The minimum atomic E-state index is -0.742. The van der Waals surface area contributed by atoms with E-state index >= 15 is 0 Å². The molecule has 0 aliphatic rings. The van der Waals surface area contributed by atoms with Gasteiger partial charge in [-0.25, -0.2) is 14.3 Å². The first-order chi connectivity index (χ1) is 10.1. The van der Waals surface area contributed by atoms with Gasteiger partial charge in [-0.15, -0.1) is 5.10 Å². The van der Waals surface area contributed by atoms with Crippen LogP contribution in [-0.2, 0) is 16.0 Å². The number of nitrogens with zero attached hydrogens (tertiary/aromatic N) is 3. The molecule has 0 saturated carbocycles. The van der Waals surface area contributed by atoms with Gasteiger partial charge in [-0.2, -0.15) is 0 Å². The molecule has 0 spiro atoms. The fraction of sp³-hybridized carbons (Fsp3) is 0.231. The molecule has 2 aromatic rings. The van der Waals surface area contributed by atoms with Gasteiger partial charge in [-0.3, -0.25) is 0 Å². The summed E-state index contributed by atoms with van der Waals surface area (Å²) in [5.74, 6) is -1.44. The lowest BCUT2D eigenvalue weighted by Gasteiger charge is -2.07. The molecule has 7 nitrogen and oxygen atoms in total. The quantitative estimate of drug-likeness (QED) is 0.777. The predicted molar refractivity (Wildman–Crippen MR) is 75.9 cm³/mol. The zero-order valence-electron chi connectivity index (χ0n) is 11.4. The number of rotatable bonds is 4. The lowest BCUT2D eigenvalue weighted by Crippen LogP contribution is -2.17. The molecule has 0 saturated heterocycles. The summed E-state index contributed by atoms with van der Waals surface area (Å²) in [4.78, 5) is 23.5. The lowest BCUT2D eigenvalue weighted by atomic mass is 10.2. The molecular formula is C13H12BrN3O4. The standard InChI is InChI=1S/C13H12BrN3O4/c1-20-12(18)10-11(13(19)21-2)17(16-15-10)7-8-5-3-4-6-9(8)14/h3-6H,7H2,1-2H3. The summed E-state index contributed by atoms with van der Waals surface area (Å²) in [6, 6.07) is 7.46. The topological polar surface area (TPSA) is 83.3 Å². The van der Waals surface area contributed by atoms with E-state index in [1.807, 2.05) is 24.3 Å². The van der Waals surface area contributed by atoms with Crippen LogP contribution in [0.5, 0.6) is 0 Å². The maximum atomic E-state index is 11.9. The first-order valence-corrected chi connectivity index (χ1v) is 6.71. The van der Waals surface area contributed by atoms with Crippen molar-refractivity contribution in [3.63, 3.8) is 0 Å². The number of hydrogen-bond acceptors (Lipinski definition) is 6. The molecular weight excluding hydrogens is 342 g/mol. The van der Waals surface area contributed by atoms with E-state index in [1.165, 1.54) is 18.9 Å². The predicted octanol–water partition coefficient (Wildman–Crippen LogP) is 1.66. The van der Waals surface area contributed by atoms with Crippen LogP contribution in [-0.4, -0.2) is 41.2 Å². The van der Waals surface area contributed by atoms with E-state index < -0.39 is 11.9 Å². The van der Waals surface area contributed by atoms with Crippen LogP contribution >= 0.6 is 15.9 Å². The minimum absolute atomic E-state index is 0.0416. The van der Waals surface area contributed by atoms with Crippen LogP contribution in [0, 0.1) is 0 Å². The first kappa shape index (κ1) is 15.2. The Morgan fingerprint density at radius 2 is 1.86 bits per heavy atom. The van der Waals surface area contributed by atoms with Gasteiger partial charge in [-0.05, 0) is 11.6 Å². The van der Waals surface area contributed by atoms with Crippen molar-refractivity contribution < 1.29 is 19.1 Å². The van der Waals surface area contributed by atoms with Crippen LogP contribution < -0.4 is 0 Å². The molecule has 0 aliphatic carbocycles. The fourth-order valence-corrected chi connectivity index (χ4v) is 2.15. The number of hydrogen-bond donors (Lipinski definition) is 0. The van der Waals surface area contributed by atoms with Crippen molar-refractivity contribution >= 4 is 27.9 Å². The average molecular weight is 354 g/mol. The molecule has 0 atom stereocenters. The third kappa shape index (κ3) is 3.10. The number of carbonyl (C=O) groups excluding carboxylic acids is 2. The maximum absolute atomic E-state index is 11.9. The molecule has 8 heteroatoms. The summed E-state index contributed by atoms with van der Waals surface area (Å²) in [6.07, 6.45) is 0. The van der Waals surface area contributed by atoms with E-state index in [2.05, 4.69) is 35.7 Å². The van der Waals surface area contributed by atoms with Gasteiger partial charge in [0.2, 0.25) is 5.69 Å². The van der Waals surface area contributed by atoms with Gasteiger partial charge in [0.05, 0.1) is 20.8 Å². The Morgan fingerprint density at radius 1 is 1.19 bits per heavy atom. The Morgan fingerprint density at radius 3 is 2.48 bits per heavy atom. The summed E-state index contributed by atoms with van der Waals surface area (Å²) in [5, 5.41) is 7.54. The highest BCUT2D eigenvalue weighted by Gasteiger charge is 2.27. The van der Waals surface area contributed by atoms with E-state index in [4.69, 9.17) is 0 Å². The van der Waals surface area contributed by atoms with E-state index in [0.29, 0.717) is 0 Å². The third-order valence-electron chi connectivity index (χ3n) is 2.77. The van der Waals surface area contributed by atoms with E-state index in [-0.39, 0.29) is 17.9 Å². The molecule has 110 valence electrons. The molecule has 21 heavy (non-hydrogen) atoms. The monoisotopic (exact) mass is 353 g/mol. The van der Waals surface area contributed by atoms with Gasteiger partial charge in [0, 0.05) is 4.47 Å². The van der Waals surface area contributed by atoms with Gasteiger partial charge < -0.3 is 9.47 Å². The van der Waals surface area contributed by atoms with Crippen molar-refractivity contribution in [1.29, 1.82) is 0 Å². The summed E-state index contributed by atoms with van der Waals surface area (Å²) >= 11 is 3.41. The van der Waals surface area contributed by atoms with Crippen molar-refractivity contribution in [2.45, 2.75) is 6.54 Å². The summed E-state index contributed by atoms with van der Waals surface area (Å²) in [6.45, 7) is 0.260. The molecule has 1 aromatic heterocycles. The van der Waals surface area contributed by atoms with Crippen molar-refractivity contribution in [3.8, 4) is 0 Å². The highest BCUT2D eigenvalue weighted by atomic mass is 79.9. The number of carbonyl (C=O) groups is 2. The molecule has 0 bridgehead atoms. The van der Waals surface area contributed by atoms with Gasteiger partial charge in [0.25, 0.3) is 0 Å². The minimum Gasteiger partial charge on any atom is -0.464 e. The van der Waals surface area contributed by atoms with Crippen molar-refractivity contribution in [1.82, 2.24) is 15.0 Å². The highest BCUT2D eigenvalue weighted by Crippen LogP contribution is 2.18. The van der Waals surface area contributed by atoms with E-state index in [1.54, 1.807) is 0 Å². The molecule has 0 unspecified atom stereocenters. The Labute approximate surface area is 129 Å². The average Bonchev–Trinajstić information content (AvgIpc) is 2.91. The summed E-state index contributed by atoms with van der Waals surface area (Å²) in [7, 11) is 2.43. The van der Waals surface area contributed by atoms with Crippen LogP contribution in [0.15, 0.2) is 28.7 Å².